The van der Waals surface area contributed by atoms with Gasteiger partial charge in [-0.1, -0.05) is 155 Å². The maximum Gasteiger partial charge on any atom is 0.0543 e. The van der Waals surface area contributed by atoms with Gasteiger partial charge in [-0.25, -0.2) is 0 Å². The Morgan fingerprint density at radius 1 is 0.491 bits per heavy atom. The summed E-state index contributed by atoms with van der Waals surface area (Å²) >= 11 is 0. The van der Waals surface area contributed by atoms with Gasteiger partial charge in [0.2, 0.25) is 0 Å². The fourth-order valence-corrected chi connectivity index (χ4v) is 11.8. The molecule has 0 saturated heterocycles. The molecule has 0 aliphatic heterocycles. The van der Waals surface area contributed by atoms with Crippen molar-refractivity contribution in [3.05, 3.63) is 174 Å². The average Bonchev–Trinajstić information content (AvgIpc) is 3.97. The van der Waals surface area contributed by atoms with Gasteiger partial charge in [-0.3, -0.25) is 0 Å². The summed E-state index contributed by atoms with van der Waals surface area (Å²) in [7, 11) is 0. The van der Waals surface area contributed by atoms with Crippen molar-refractivity contribution >= 4 is 27.8 Å². The van der Waals surface area contributed by atoms with E-state index >= 15 is 0 Å². The minimum absolute atomic E-state index is 0.123. The summed E-state index contributed by atoms with van der Waals surface area (Å²) in [5, 5.41) is 2.55. The van der Waals surface area contributed by atoms with Crippen LogP contribution in [0.5, 0.6) is 0 Å². The first-order valence-corrected chi connectivity index (χ1v) is 21.9. The summed E-state index contributed by atoms with van der Waals surface area (Å²) in [6, 6.07) is 58.4. The molecular weight excluding hydrogens is 687 g/mol. The first-order chi connectivity index (χ1) is 28.0. The molecule has 0 N–H and O–H groups in total. The van der Waals surface area contributed by atoms with Gasteiger partial charge in [0.1, 0.15) is 0 Å². The molecule has 3 fully saturated rings. The number of benzene rings is 7. The van der Waals surface area contributed by atoms with Crippen LogP contribution in [0.15, 0.2) is 152 Å². The van der Waals surface area contributed by atoms with Crippen molar-refractivity contribution in [1.29, 1.82) is 0 Å². The van der Waals surface area contributed by atoms with Gasteiger partial charge >= 0.3 is 0 Å². The van der Waals surface area contributed by atoms with E-state index in [2.05, 4.69) is 170 Å². The molecule has 0 amide bonds. The lowest BCUT2D eigenvalue weighted by molar-refractivity contribution is 0.420. The van der Waals surface area contributed by atoms with Crippen LogP contribution in [0.3, 0.4) is 0 Å². The molecule has 2 bridgehead atoms. The van der Waals surface area contributed by atoms with Gasteiger partial charge in [-0.15, -0.1) is 0 Å². The Hall–Kier alpha value is -5.40. The molecule has 0 heterocycles. The molecule has 57 heavy (non-hydrogen) atoms. The van der Waals surface area contributed by atoms with Crippen LogP contribution in [-0.4, -0.2) is 0 Å². The van der Waals surface area contributed by atoms with Gasteiger partial charge in [0.25, 0.3) is 0 Å². The van der Waals surface area contributed by atoms with E-state index in [1.165, 1.54) is 141 Å². The van der Waals surface area contributed by atoms with Crippen LogP contribution in [0.4, 0.5) is 17.1 Å². The summed E-state index contributed by atoms with van der Waals surface area (Å²) in [6.45, 7) is 4.81. The van der Waals surface area contributed by atoms with Crippen molar-refractivity contribution in [1.82, 2.24) is 0 Å². The Labute approximate surface area is 339 Å². The zero-order valence-corrected chi connectivity index (χ0v) is 33.6. The molecule has 0 radical (unpaired) electrons. The Balaban J connectivity index is 1.09. The van der Waals surface area contributed by atoms with Crippen molar-refractivity contribution in [3.63, 3.8) is 0 Å². The van der Waals surface area contributed by atoms with Crippen LogP contribution >= 0.6 is 0 Å². The standard InChI is InChI=1S/C56H53N/c1-56(2)53-21-9-8-19-49(53)51-35-52(48-20-11-15-40-14-6-7-18-47(40)48)55(36-54(51)56)57(46-30-26-41(27-31-46)50-33-37-22-23-44(50)32-37)45-28-24-39(25-29-45)43-17-10-16-42(34-43)38-12-4-3-5-13-38/h6-11,14-21,24-31,34-38,44,50H,3-5,12-13,22-23,32-33H2,1-2H3. The second-order valence-corrected chi connectivity index (χ2v) is 18.3. The highest BCUT2D eigenvalue weighted by Gasteiger charge is 2.40. The zero-order valence-electron chi connectivity index (χ0n) is 33.6. The molecular formula is C56H53N. The number of anilines is 3. The highest BCUT2D eigenvalue weighted by Crippen LogP contribution is 2.55. The molecule has 0 spiro atoms. The molecule has 3 atom stereocenters. The smallest absolute Gasteiger partial charge is 0.0543 e. The van der Waals surface area contributed by atoms with E-state index in [-0.39, 0.29) is 5.41 Å². The molecule has 4 aliphatic carbocycles. The van der Waals surface area contributed by atoms with E-state index in [4.69, 9.17) is 0 Å². The minimum Gasteiger partial charge on any atom is -0.310 e. The Morgan fingerprint density at radius 3 is 2.00 bits per heavy atom. The number of hydrogen-bond acceptors (Lipinski definition) is 1. The summed E-state index contributed by atoms with van der Waals surface area (Å²) in [5.74, 6) is 3.19. The van der Waals surface area contributed by atoms with Crippen LogP contribution in [0.1, 0.15) is 106 Å². The van der Waals surface area contributed by atoms with Gasteiger partial charge < -0.3 is 4.90 Å². The summed E-state index contributed by atoms with van der Waals surface area (Å²) < 4.78 is 0. The maximum atomic E-state index is 2.56. The predicted molar refractivity (Wildman–Crippen MR) is 241 cm³/mol. The van der Waals surface area contributed by atoms with E-state index in [0.717, 1.165) is 11.8 Å². The SMILES string of the molecule is CC1(C)c2ccccc2-c2cc(-c3cccc4ccccc34)c(N(c3ccc(-c4cccc(C5CCCCC5)c4)cc3)c3ccc(C4CC5CCC4C5)cc3)cc21. The van der Waals surface area contributed by atoms with Gasteiger partial charge in [0.15, 0.2) is 0 Å². The molecule has 3 saturated carbocycles. The molecule has 282 valence electrons. The maximum absolute atomic E-state index is 2.56. The zero-order chi connectivity index (χ0) is 38.1. The van der Waals surface area contributed by atoms with Crippen molar-refractivity contribution in [3.8, 4) is 33.4 Å². The first-order valence-electron chi connectivity index (χ1n) is 21.9. The molecule has 4 aliphatic rings. The normalized spacial score (nSPS) is 20.8. The van der Waals surface area contributed by atoms with Crippen LogP contribution < -0.4 is 4.90 Å². The van der Waals surface area contributed by atoms with Gasteiger partial charge in [0.05, 0.1) is 5.69 Å². The lowest BCUT2D eigenvalue weighted by atomic mass is 9.81. The van der Waals surface area contributed by atoms with E-state index in [1.807, 2.05) is 0 Å². The number of nitrogens with zero attached hydrogens (tertiary/aromatic N) is 1. The molecule has 7 aromatic rings. The highest BCUT2D eigenvalue weighted by atomic mass is 15.1. The second-order valence-electron chi connectivity index (χ2n) is 18.3. The fourth-order valence-electron chi connectivity index (χ4n) is 11.8. The molecule has 3 unspecified atom stereocenters. The molecule has 0 aromatic heterocycles. The van der Waals surface area contributed by atoms with E-state index < -0.39 is 0 Å². The summed E-state index contributed by atoms with van der Waals surface area (Å²) in [6.07, 6.45) is 12.4. The average molecular weight is 740 g/mol. The Bertz CT molecular complexity index is 2600. The predicted octanol–water partition coefficient (Wildman–Crippen LogP) is 15.9. The summed E-state index contributed by atoms with van der Waals surface area (Å²) in [5.41, 5.74) is 17.2. The van der Waals surface area contributed by atoms with Crippen molar-refractivity contribution in [2.24, 2.45) is 11.8 Å². The molecule has 1 heteroatoms. The van der Waals surface area contributed by atoms with Crippen LogP contribution in [0.25, 0.3) is 44.2 Å². The van der Waals surface area contributed by atoms with Crippen molar-refractivity contribution < 1.29 is 0 Å². The molecule has 1 nitrogen and oxygen atoms in total. The Kier molecular flexibility index (Phi) is 8.50. The third-order valence-corrected chi connectivity index (χ3v) is 14.8. The van der Waals surface area contributed by atoms with Crippen LogP contribution in [0.2, 0.25) is 0 Å². The fraction of sp³-hybridized carbons (Fsp3) is 0.286. The van der Waals surface area contributed by atoms with Gasteiger partial charge in [-0.2, -0.15) is 0 Å². The topological polar surface area (TPSA) is 3.24 Å². The van der Waals surface area contributed by atoms with Crippen LogP contribution in [0, 0.1) is 11.8 Å². The first kappa shape index (κ1) is 34.8. The third kappa shape index (κ3) is 5.96. The number of rotatable bonds is 7. The lowest BCUT2D eigenvalue weighted by Crippen LogP contribution is -2.17. The molecule has 11 rings (SSSR count). The lowest BCUT2D eigenvalue weighted by Gasteiger charge is -2.31. The second kappa shape index (κ2) is 13.9. The van der Waals surface area contributed by atoms with Crippen LogP contribution in [-0.2, 0) is 5.41 Å². The monoisotopic (exact) mass is 739 g/mol. The largest absolute Gasteiger partial charge is 0.310 e. The van der Waals surface area contributed by atoms with Crippen molar-refractivity contribution in [2.45, 2.75) is 88.9 Å². The molecule has 7 aromatic carbocycles. The van der Waals surface area contributed by atoms with Gasteiger partial charge in [-0.05, 0) is 153 Å². The number of fused-ring (bicyclic) bond motifs is 6. The third-order valence-electron chi connectivity index (χ3n) is 14.8. The van der Waals surface area contributed by atoms with E-state index in [1.54, 1.807) is 0 Å². The quantitative estimate of drug-likeness (QED) is 0.157. The van der Waals surface area contributed by atoms with Crippen molar-refractivity contribution in [2.75, 3.05) is 4.90 Å². The van der Waals surface area contributed by atoms with Gasteiger partial charge in [0, 0.05) is 22.4 Å². The minimum atomic E-state index is -0.123. The highest BCUT2D eigenvalue weighted by molar-refractivity contribution is 6.03. The summed E-state index contributed by atoms with van der Waals surface area (Å²) in [4.78, 5) is 2.56. The van der Waals surface area contributed by atoms with E-state index in [9.17, 15) is 0 Å². The Morgan fingerprint density at radius 2 is 1.21 bits per heavy atom. The number of hydrogen-bond donors (Lipinski definition) is 0. The van der Waals surface area contributed by atoms with E-state index in [0.29, 0.717) is 11.8 Å².